The summed E-state index contributed by atoms with van der Waals surface area (Å²) in [6, 6.07) is 5.25. The van der Waals surface area contributed by atoms with Crippen molar-refractivity contribution in [2.75, 3.05) is 0 Å². The lowest BCUT2D eigenvalue weighted by molar-refractivity contribution is -0.114. The minimum atomic E-state index is -0.563. The minimum Gasteiger partial charge on any atom is -0.327 e. The number of benzene rings is 1. The van der Waals surface area contributed by atoms with E-state index in [4.69, 9.17) is 0 Å². The lowest BCUT2D eigenvalue weighted by atomic mass is 9.89. The Labute approximate surface area is 162 Å². The van der Waals surface area contributed by atoms with Crippen molar-refractivity contribution in [2.24, 2.45) is 0 Å². The number of carbonyl (C=O) groups excluding carboxylic acids is 4. The zero-order chi connectivity index (χ0) is 20.6. The number of ketones is 2. The third-order valence-electron chi connectivity index (χ3n) is 4.90. The number of Topliss-reactive ketones (excluding diaryl/α,β-unsaturated/α-hetero) is 2. The average Bonchev–Trinajstić information content (AvgIpc) is 2.59. The highest BCUT2D eigenvalue weighted by atomic mass is 16.2. The smallest absolute Gasteiger partial charge is 0.319 e. The molecule has 0 aromatic heterocycles. The van der Waals surface area contributed by atoms with Crippen LogP contribution in [0.1, 0.15) is 50.9 Å². The van der Waals surface area contributed by atoms with Gasteiger partial charge < -0.3 is 21.3 Å². The molecule has 8 nitrogen and oxygen atoms in total. The van der Waals surface area contributed by atoms with Crippen molar-refractivity contribution in [3.8, 4) is 0 Å². The zero-order valence-corrected chi connectivity index (χ0v) is 16.1. The van der Waals surface area contributed by atoms with E-state index in [1.807, 2.05) is 0 Å². The van der Waals surface area contributed by atoms with Crippen molar-refractivity contribution in [3.63, 3.8) is 0 Å². The highest BCUT2D eigenvalue weighted by molar-refractivity contribution is 5.99. The van der Waals surface area contributed by atoms with Crippen LogP contribution in [0.3, 0.4) is 0 Å². The molecule has 4 N–H and O–H groups in total. The number of amides is 4. The maximum absolute atomic E-state index is 12.1. The van der Waals surface area contributed by atoms with Crippen LogP contribution in [0.15, 0.2) is 46.8 Å². The van der Waals surface area contributed by atoms with Gasteiger partial charge in [0.25, 0.3) is 0 Å². The molecule has 0 saturated carbocycles. The van der Waals surface area contributed by atoms with Crippen LogP contribution >= 0.6 is 0 Å². The Morgan fingerprint density at radius 3 is 1.32 bits per heavy atom. The molecular weight excluding hydrogens is 360 g/mol. The van der Waals surface area contributed by atoms with Gasteiger partial charge in [-0.05, 0) is 38.8 Å². The fraction of sp³-hybridized carbons (Fsp3) is 0.300. The molecule has 0 bridgehead atoms. The van der Waals surface area contributed by atoms with Crippen molar-refractivity contribution >= 4 is 23.6 Å². The second-order valence-electron chi connectivity index (χ2n) is 6.92. The van der Waals surface area contributed by atoms with Crippen LogP contribution in [0.25, 0.3) is 0 Å². The maximum atomic E-state index is 12.1. The molecule has 0 unspecified atom stereocenters. The molecule has 0 saturated heterocycles. The van der Waals surface area contributed by atoms with Crippen LogP contribution < -0.4 is 21.3 Å². The van der Waals surface area contributed by atoms with Crippen LogP contribution in [0.4, 0.5) is 9.59 Å². The Bertz CT molecular complexity index is 866. The van der Waals surface area contributed by atoms with Gasteiger partial charge in [-0.2, -0.15) is 0 Å². The first kappa shape index (κ1) is 19.3. The predicted molar refractivity (Wildman–Crippen MR) is 102 cm³/mol. The van der Waals surface area contributed by atoms with Gasteiger partial charge in [-0.25, -0.2) is 9.59 Å². The SMILES string of the molecule is CC(=O)C1=C(C)NC(=O)N[C@@H]1c1ccc([C@H]2NC(=O)NC(C)=C2C(C)=O)cc1. The summed E-state index contributed by atoms with van der Waals surface area (Å²) in [6.45, 7) is 6.29. The van der Waals surface area contributed by atoms with Crippen LogP contribution in [-0.2, 0) is 9.59 Å². The van der Waals surface area contributed by atoms with Gasteiger partial charge in [0.1, 0.15) is 0 Å². The Morgan fingerprint density at radius 1 is 0.714 bits per heavy atom. The lowest BCUT2D eigenvalue weighted by Crippen LogP contribution is -2.45. The van der Waals surface area contributed by atoms with Gasteiger partial charge in [-0.1, -0.05) is 24.3 Å². The molecule has 0 radical (unpaired) electrons. The van der Waals surface area contributed by atoms with Gasteiger partial charge in [0.05, 0.1) is 12.1 Å². The molecule has 0 spiro atoms. The molecule has 8 heteroatoms. The second-order valence-corrected chi connectivity index (χ2v) is 6.92. The van der Waals surface area contributed by atoms with Gasteiger partial charge in [0, 0.05) is 22.5 Å². The quantitative estimate of drug-likeness (QED) is 0.638. The van der Waals surface area contributed by atoms with E-state index in [2.05, 4.69) is 21.3 Å². The second kappa shape index (κ2) is 7.30. The highest BCUT2D eigenvalue weighted by Gasteiger charge is 2.31. The highest BCUT2D eigenvalue weighted by Crippen LogP contribution is 2.31. The standard InChI is InChI=1S/C20H22N4O4/c1-9-15(11(3)25)17(23-19(27)21-9)13-5-7-14(8-6-13)18-16(12(4)26)10(2)22-20(28)24-18/h5-8,17-18H,1-4H3,(H2,21,23,27)(H2,22,24,28)/t17-,18-/m1/s1. The summed E-state index contributed by atoms with van der Waals surface area (Å²) < 4.78 is 0. The predicted octanol–water partition coefficient (Wildman–Crippen LogP) is 2.12. The van der Waals surface area contributed by atoms with Crippen molar-refractivity contribution in [1.82, 2.24) is 21.3 Å². The fourth-order valence-corrected chi connectivity index (χ4v) is 3.70. The Hall–Kier alpha value is -3.42. The summed E-state index contributed by atoms with van der Waals surface area (Å²) >= 11 is 0. The van der Waals surface area contributed by atoms with Gasteiger partial charge in [0.15, 0.2) is 11.6 Å². The molecule has 1 aromatic rings. The molecule has 0 aliphatic carbocycles. The Balaban J connectivity index is 1.97. The van der Waals surface area contributed by atoms with Crippen LogP contribution in [0.5, 0.6) is 0 Å². The van der Waals surface area contributed by atoms with E-state index < -0.39 is 12.1 Å². The van der Waals surface area contributed by atoms with E-state index in [1.165, 1.54) is 13.8 Å². The summed E-state index contributed by atoms with van der Waals surface area (Å²) in [5.74, 6) is -0.274. The summed E-state index contributed by atoms with van der Waals surface area (Å²) in [5, 5.41) is 10.7. The van der Waals surface area contributed by atoms with E-state index >= 15 is 0 Å². The van der Waals surface area contributed by atoms with Crippen molar-refractivity contribution in [3.05, 3.63) is 57.9 Å². The Morgan fingerprint density at radius 2 is 1.04 bits per heavy atom. The first-order chi connectivity index (χ1) is 13.2. The lowest BCUT2D eigenvalue weighted by Gasteiger charge is -2.30. The number of hydrogen-bond acceptors (Lipinski definition) is 4. The molecule has 2 aliphatic heterocycles. The fourth-order valence-electron chi connectivity index (χ4n) is 3.70. The average molecular weight is 382 g/mol. The van der Waals surface area contributed by atoms with E-state index in [1.54, 1.807) is 38.1 Å². The molecule has 28 heavy (non-hydrogen) atoms. The number of allylic oxidation sites excluding steroid dienone is 2. The first-order valence-corrected chi connectivity index (χ1v) is 8.87. The van der Waals surface area contributed by atoms with Gasteiger partial charge in [0.2, 0.25) is 0 Å². The third kappa shape index (κ3) is 3.53. The van der Waals surface area contributed by atoms with Gasteiger partial charge in [-0.3, -0.25) is 9.59 Å². The number of hydrogen-bond donors (Lipinski definition) is 4. The summed E-state index contributed by atoms with van der Waals surface area (Å²) in [6.07, 6.45) is 0. The summed E-state index contributed by atoms with van der Waals surface area (Å²) in [7, 11) is 0. The monoisotopic (exact) mass is 382 g/mol. The largest absolute Gasteiger partial charge is 0.327 e. The van der Waals surface area contributed by atoms with E-state index in [0.29, 0.717) is 22.5 Å². The molecule has 2 atom stereocenters. The molecule has 1 aromatic carbocycles. The number of urea groups is 2. The number of rotatable bonds is 4. The maximum Gasteiger partial charge on any atom is 0.319 e. The van der Waals surface area contributed by atoms with Crippen LogP contribution in [0, 0.1) is 0 Å². The van der Waals surface area contributed by atoms with Crippen LogP contribution in [-0.4, -0.2) is 23.6 Å². The minimum absolute atomic E-state index is 0.137. The zero-order valence-electron chi connectivity index (χ0n) is 16.1. The van der Waals surface area contributed by atoms with Gasteiger partial charge >= 0.3 is 12.1 Å². The molecule has 0 fully saturated rings. The first-order valence-electron chi connectivity index (χ1n) is 8.87. The Kier molecular flexibility index (Phi) is 5.04. The van der Waals surface area contributed by atoms with E-state index in [-0.39, 0.29) is 23.6 Å². The molecule has 4 amide bonds. The number of nitrogens with one attached hydrogen (secondary N) is 4. The molecule has 146 valence electrons. The molecular formula is C20H22N4O4. The normalized spacial score (nSPS) is 22.1. The summed E-state index contributed by atoms with van der Waals surface area (Å²) in [4.78, 5) is 47.8. The third-order valence-corrected chi connectivity index (χ3v) is 4.90. The van der Waals surface area contributed by atoms with E-state index in [9.17, 15) is 19.2 Å². The van der Waals surface area contributed by atoms with Crippen molar-refractivity contribution in [2.45, 2.75) is 39.8 Å². The van der Waals surface area contributed by atoms with Crippen molar-refractivity contribution in [1.29, 1.82) is 0 Å². The van der Waals surface area contributed by atoms with Crippen LogP contribution in [0.2, 0.25) is 0 Å². The van der Waals surface area contributed by atoms with Crippen molar-refractivity contribution < 1.29 is 19.2 Å². The van der Waals surface area contributed by atoms with Gasteiger partial charge in [-0.15, -0.1) is 0 Å². The topological polar surface area (TPSA) is 116 Å². The number of carbonyl (C=O) groups is 4. The summed E-state index contributed by atoms with van der Waals surface area (Å²) in [5.41, 5.74) is 3.48. The molecule has 2 aliphatic rings. The molecule has 2 heterocycles. The molecule has 3 rings (SSSR count). The van der Waals surface area contributed by atoms with E-state index in [0.717, 1.165) is 11.1 Å².